The lowest BCUT2D eigenvalue weighted by Gasteiger charge is -2.39. The van der Waals surface area contributed by atoms with Crippen molar-refractivity contribution in [2.24, 2.45) is 0 Å². The molecular weight excluding hydrogens is 404 g/mol. The van der Waals surface area contributed by atoms with Gasteiger partial charge in [-0.05, 0) is 12.1 Å². The molecule has 0 amide bonds. The Balaban J connectivity index is 1.88. The molecule has 2 heterocycles. The summed E-state index contributed by atoms with van der Waals surface area (Å²) in [7, 11) is 0. The van der Waals surface area contributed by atoms with Crippen LogP contribution in [0.5, 0.6) is 23.0 Å². The van der Waals surface area contributed by atoms with Gasteiger partial charge in [-0.25, -0.2) is 0 Å². The van der Waals surface area contributed by atoms with Crippen LogP contribution in [0.2, 0.25) is 0 Å². The van der Waals surface area contributed by atoms with Gasteiger partial charge in [0.15, 0.2) is 11.5 Å². The van der Waals surface area contributed by atoms with Crippen LogP contribution in [0.1, 0.15) is 0 Å². The minimum absolute atomic E-state index is 0.0742. The molecule has 0 radical (unpaired) electrons. The molecule has 1 fully saturated rings. The molecule has 0 spiro atoms. The number of phenols is 3. The van der Waals surface area contributed by atoms with Gasteiger partial charge in [0.1, 0.15) is 57.9 Å². The molecule has 1 aliphatic rings. The molecule has 0 aliphatic carbocycles. The number of hydrogen-bond donors (Lipinski definition) is 7. The van der Waals surface area contributed by atoms with E-state index in [-0.39, 0.29) is 27.7 Å². The molecule has 1 saturated heterocycles. The third-order valence-corrected chi connectivity index (χ3v) is 4.92. The number of hydrogen-bond acceptors (Lipinski definition) is 11. The Morgan fingerprint density at radius 2 is 1.63 bits per heavy atom. The summed E-state index contributed by atoms with van der Waals surface area (Å²) in [5.74, 6) is -1.91. The number of rotatable bonds is 3. The van der Waals surface area contributed by atoms with Crippen molar-refractivity contribution in [1.29, 1.82) is 0 Å². The highest BCUT2D eigenvalue weighted by atomic mass is 16.7. The van der Waals surface area contributed by atoms with Gasteiger partial charge < -0.3 is 49.6 Å². The number of benzene rings is 2. The molecule has 1 aliphatic heterocycles. The Kier molecular flexibility index (Phi) is 4.92. The summed E-state index contributed by atoms with van der Waals surface area (Å²) in [5.41, 5.74) is -0.997. The Labute approximate surface area is 167 Å². The third kappa shape index (κ3) is 3.09. The zero-order chi connectivity index (χ0) is 21.7. The topological polar surface area (TPSA) is 190 Å². The Morgan fingerprint density at radius 1 is 0.900 bits per heavy atom. The van der Waals surface area contributed by atoms with Crippen LogP contribution in [-0.2, 0) is 4.74 Å². The number of phenolic OH excluding ortho intramolecular Hbond substituents is 3. The summed E-state index contributed by atoms with van der Waals surface area (Å²) >= 11 is 0. The SMILES string of the molecule is O=c1c2c(O)cc(O)cc2oc2ccc(O)c(O[C@@H]3O[C@H](CO)[C@@H](O)[C@H](O)[C@H]3O)c12. The standard InChI is InChI=1S/C19H18O11/c20-5-11-14(24)16(26)17(27)19(29-11)30-18-7(22)1-2-9-13(18)15(25)12-8(23)3-6(21)4-10(12)28-9/h1-4,11,14,16-17,19-24,26-27H,5H2/t11-,14-,16+,17-,19+/m1/s1. The van der Waals surface area contributed by atoms with Crippen molar-refractivity contribution < 1.29 is 49.6 Å². The summed E-state index contributed by atoms with van der Waals surface area (Å²) < 4.78 is 16.2. The number of aliphatic hydroxyl groups is 4. The van der Waals surface area contributed by atoms with Gasteiger partial charge in [0.2, 0.25) is 11.7 Å². The first kappa shape index (κ1) is 20.2. The van der Waals surface area contributed by atoms with Crippen LogP contribution in [0.25, 0.3) is 21.9 Å². The zero-order valence-corrected chi connectivity index (χ0v) is 15.2. The van der Waals surface area contributed by atoms with E-state index in [1.165, 1.54) is 6.07 Å². The normalized spacial score (nSPS) is 26.9. The molecule has 11 heteroatoms. The average Bonchev–Trinajstić information content (AvgIpc) is 2.69. The third-order valence-electron chi connectivity index (χ3n) is 4.92. The Bertz CT molecular complexity index is 1170. The van der Waals surface area contributed by atoms with Gasteiger partial charge in [-0.15, -0.1) is 0 Å². The minimum atomic E-state index is -1.78. The minimum Gasteiger partial charge on any atom is -0.508 e. The molecule has 0 saturated carbocycles. The lowest BCUT2D eigenvalue weighted by Crippen LogP contribution is -2.60. The fraction of sp³-hybridized carbons (Fsp3) is 0.316. The molecule has 1 aromatic heterocycles. The molecular formula is C19H18O11. The summed E-state index contributed by atoms with van der Waals surface area (Å²) in [6.45, 7) is -0.698. The van der Waals surface area contributed by atoms with Crippen molar-refractivity contribution in [3.05, 3.63) is 34.5 Å². The molecule has 5 atom stereocenters. The quantitative estimate of drug-likeness (QED) is 0.263. The van der Waals surface area contributed by atoms with Gasteiger partial charge in [0.05, 0.1) is 6.61 Å². The zero-order valence-electron chi connectivity index (χ0n) is 15.2. The second-order valence-electron chi connectivity index (χ2n) is 6.87. The van der Waals surface area contributed by atoms with E-state index in [0.29, 0.717) is 0 Å². The molecule has 11 nitrogen and oxygen atoms in total. The maximum Gasteiger partial charge on any atom is 0.229 e. The first-order valence-electron chi connectivity index (χ1n) is 8.84. The first-order valence-corrected chi connectivity index (χ1v) is 8.84. The highest BCUT2D eigenvalue weighted by Gasteiger charge is 2.45. The van der Waals surface area contributed by atoms with Gasteiger partial charge in [-0.3, -0.25) is 4.79 Å². The van der Waals surface area contributed by atoms with Crippen molar-refractivity contribution in [3.63, 3.8) is 0 Å². The van der Waals surface area contributed by atoms with E-state index in [4.69, 9.17) is 13.9 Å². The Hall–Kier alpha value is -3.09. The van der Waals surface area contributed by atoms with E-state index >= 15 is 0 Å². The fourth-order valence-electron chi connectivity index (χ4n) is 3.39. The molecule has 2 aromatic carbocycles. The molecule has 30 heavy (non-hydrogen) atoms. The van der Waals surface area contributed by atoms with E-state index < -0.39 is 60.0 Å². The number of aromatic hydroxyl groups is 3. The lowest BCUT2D eigenvalue weighted by molar-refractivity contribution is -0.277. The predicted molar refractivity (Wildman–Crippen MR) is 99.4 cm³/mol. The highest BCUT2D eigenvalue weighted by Crippen LogP contribution is 2.38. The molecule has 7 N–H and O–H groups in total. The fourth-order valence-corrected chi connectivity index (χ4v) is 3.39. The summed E-state index contributed by atoms with van der Waals surface area (Å²) in [6.07, 6.45) is -8.07. The van der Waals surface area contributed by atoms with Crippen LogP contribution in [0.15, 0.2) is 33.5 Å². The summed E-state index contributed by atoms with van der Waals surface area (Å²) in [6, 6.07) is 4.46. The van der Waals surface area contributed by atoms with E-state index in [0.717, 1.165) is 18.2 Å². The number of ether oxygens (including phenoxy) is 2. The summed E-state index contributed by atoms with van der Waals surface area (Å²) in [4.78, 5) is 13.0. The van der Waals surface area contributed by atoms with Crippen molar-refractivity contribution in [2.45, 2.75) is 30.7 Å². The number of aliphatic hydroxyl groups excluding tert-OH is 4. The molecule has 0 unspecified atom stereocenters. The van der Waals surface area contributed by atoms with Crippen LogP contribution < -0.4 is 10.2 Å². The average molecular weight is 422 g/mol. The number of fused-ring (bicyclic) bond motifs is 2. The van der Waals surface area contributed by atoms with E-state index in [1.54, 1.807) is 0 Å². The lowest BCUT2D eigenvalue weighted by atomic mass is 9.99. The van der Waals surface area contributed by atoms with Crippen LogP contribution in [0.3, 0.4) is 0 Å². The maximum absolute atomic E-state index is 13.0. The molecule has 160 valence electrons. The largest absolute Gasteiger partial charge is 0.508 e. The van der Waals surface area contributed by atoms with Gasteiger partial charge in [-0.1, -0.05) is 0 Å². The van der Waals surface area contributed by atoms with E-state index in [2.05, 4.69) is 0 Å². The molecule has 3 aromatic rings. The van der Waals surface area contributed by atoms with Crippen LogP contribution in [0, 0.1) is 0 Å². The van der Waals surface area contributed by atoms with Crippen molar-refractivity contribution >= 4 is 21.9 Å². The Morgan fingerprint density at radius 3 is 2.33 bits per heavy atom. The monoisotopic (exact) mass is 422 g/mol. The van der Waals surface area contributed by atoms with Crippen molar-refractivity contribution in [1.82, 2.24) is 0 Å². The van der Waals surface area contributed by atoms with Gasteiger partial charge >= 0.3 is 0 Å². The predicted octanol–water partition coefficient (Wildman–Crippen LogP) is -0.758. The van der Waals surface area contributed by atoms with Crippen LogP contribution in [0.4, 0.5) is 0 Å². The van der Waals surface area contributed by atoms with Gasteiger partial charge in [0.25, 0.3) is 0 Å². The molecule has 4 rings (SSSR count). The molecule has 0 bridgehead atoms. The van der Waals surface area contributed by atoms with Crippen LogP contribution in [-0.4, -0.2) is 73.1 Å². The van der Waals surface area contributed by atoms with Crippen LogP contribution >= 0.6 is 0 Å². The first-order chi connectivity index (χ1) is 14.2. The maximum atomic E-state index is 13.0. The highest BCUT2D eigenvalue weighted by molar-refractivity contribution is 5.97. The van der Waals surface area contributed by atoms with Crippen molar-refractivity contribution in [2.75, 3.05) is 6.61 Å². The van der Waals surface area contributed by atoms with E-state index in [1.807, 2.05) is 0 Å². The van der Waals surface area contributed by atoms with Gasteiger partial charge in [0, 0.05) is 12.1 Å². The van der Waals surface area contributed by atoms with Gasteiger partial charge in [-0.2, -0.15) is 0 Å². The van der Waals surface area contributed by atoms with Crippen molar-refractivity contribution in [3.8, 4) is 23.0 Å². The van der Waals surface area contributed by atoms with E-state index in [9.17, 15) is 40.5 Å². The second-order valence-corrected chi connectivity index (χ2v) is 6.87. The second kappa shape index (κ2) is 7.31. The smallest absolute Gasteiger partial charge is 0.229 e. The summed E-state index contributed by atoms with van der Waals surface area (Å²) in [5, 5.41) is 68.6.